The van der Waals surface area contributed by atoms with Crippen LogP contribution in [0.15, 0.2) is 78.9 Å². The van der Waals surface area contributed by atoms with E-state index in [0.29, 0.717) is 16.8 Å². The predicted octanol–water partition coefficient (Wildman–Crippen LogP) is 4.95. The molecule has 0 saturated heterocycles. The second-order valence-electron chi connectivity index (χ2n) is 6.57. The highest BCUT2D eigenvalue weighted by atomic mass is 16.3. The molecule has 0 spiro atoms. The molecule has 0 saturated carbocycles. The number of hydrogen-bond acceptors (Lipinski definition) is 5. The van der Waals surface area contributed by atoms with E-state index in [2.05, 4.69) is 11.1 Å². The molecule has 29 heavy (non-hydrogen) atoms. The maximum Gasteiger partial charge on any atom is 0.158 e. The third kappa shape index (κ3) is 3.47. The quantitative estimate of drug-likeness (QED) is 0.437. The Morgan fingerprint density at radius 2 is 1.34 bits per heavy atom. The number of nitriles is 1. The van der Waals surface area contributed by atoms with E-state index in [0.717, 1.165) is 16.7 Å². The molecule has 1 heterocycles. The number of phenols is 2. The molecule has 0 unspecified atom stereocenters. The van der Waals surface area contributed by atoms with Gasteiger partial charge in [0.2, 0.25) is 0 Å². The summed E-state index contributed by atoms with van der Waals surface area (Å²) in [7, 11) is 0. The zero-order valence-electron chi connectivity index (χ0n) is 15.4. The molecule has 0 aliphatic heterocycles. The number of aromatic hydroxyl groups is 2. The second-order valence-corrected chi connectivity index (χ2v) is 6.57. The largest absolute Gasteiger partial charge is 0.504 e. The standard InChI is InChI=1S/C24H17N3O2/c25-14-20-19(18-10-11-22(28)23(29)12-18)13-21(27-24(20)26)17-8-6-16(7-9-17)15-4-2-1-3-5-15/h1-13,28-29H,(H2,26,27). The number of nitrogens with zero attached hydrogens (tertiary/aromatic N) is 2. The molecule has 140 valence electrons. The van der Waals surface area contributed by atoms with Gasteiger partial charge in [0.15, 0.2) is 11.5 Å². The Kier molecular flexibility index (Phi) is 4.60. The van der Waals surface area contributed by atoms with Crippen LogP contribution in [0.5, 0.6) is 11.5 Å². The van der Waals surface area contributed by atoms with Gasteiger partial charge in [0.05, 0.1) is 5.69 Å². The fourth-order valence-corrected chi connectivity index (χ4v) is 3.21. The fraction of sp³-hybridized carbons (Fsp3) is 0. The van der Waals surface area contributed by atoms with Gasteiger partial charge in [-0.25, -0.2) is 4.98 Å². The van der Waals surface area contributed by atoms with E-state index in [9.17, 15) is 15.5 Å². The summed E-state index contributed by atoms with van der Waals surface area (Å²) >= 11 is 0. The maximum atomic E-state index is 9.84. The first-order valence-corrected chi connectivity index (χ1v) is 8.95. The molecule has 0 radical (unpaired) electrons. The summed E-state index contributed by atoms with van der Waals surface area (Å²) in [5, 5.41) is 28.9. The van der Waals surface area contributed by atoms with Crippen LogP contribution in [0.3, 0.4) is 0 Å². The summed E-state index contributed by atoms with van der Waals surface area (Å²) < 4.78 is 0. The molecule has 0 amide bonds. The second kappa shape index (κ2) is 7.37. The minimum absolute atomic E-state index is 0.111. The molecule has 5 heteroatoms. The molecule has 0 aliphatic carbocycles. The average Bonchev–Trinajstić information content (AvgIpc) is 2.76. The molecule has 0 aliphatic rings. The summed E-state index contributed by atoms with van der Waals surface area (Å²) in [6.07, 6.45) is 0. The van der Waals surface area contributed by atoms with Gasteiger partial charge in [0.25, 0.3) is 0 Å². The highest BCUT2D eigenvalue weighted by Crippen LogP contribution is 2.35. The monoisotopic (exact) mass is 379 g/mol. The van der Waals surface area contributed by atoms with Gasteiger partial charge < -0.3 is 15.9 Å². The average molecular weight is 379 g/mol. The Labute approximate surface area is 168 Å². The van der Waals surface area contributed by atoms with Gasteiger partial charge in [-0.2, -0.15) is 5.26 Å². The number of anilines is 1. The third-order valence-corrected chi connectivity index (χ3v) is 4.73. The first-order chi connectivity index (χ1) is 14.1. The zero-order chi connectivity index (χ0) is 20.4. The van der Waals surface area contributed by atoms with E-state index in [1.807, 2.05) is 54.6 Å². The number of benzene rings is 3. The van der Waals surface area contributed by atoms with Crippen LogP contribution in [-0.4, -0.2) is 15.2 Å². The van der Waals surface area contributed by atoms with Gasteiger partial charge in [-0.05, 0) is 34.9 Å². The molecule has 0 atom stereocenters. The van der Waals surface area contributed by atoms with Gasteiger partial charge in [-0.1, -0.05) is 60.7 Å². The fourth-order valence-electron chi connectivity index (χ4n) is 3.21. The van der Waals surface area contributed by atoms with E-state index >= 15 is 0 Å². The Balaban J connectivity index is 1.80. The molecule has 4 N–H and O–H groups in total. The van der Waals surface area contributed by atoms with Crippen molar-refractivity contribution in [1.82, 2.24) is 4.98 Å². The SMILES string of the molecule is N#Cc1c(-c2ccc(O)c(O)c2)cc(-c2ccc(-c3ccccc3)cc2)nc1N. The highest BCUT2D eigenvalue weighted by Gasteiger charge is 2.15. The summed E-state index contributed by atoms with van der Waals surface area (Å²) in [5.41, 5.74) is 11.0. The summed E-state index contributed by atoms with van der Waals surface area (Å²) in [4.78, 5) is 4.39. The van der Waals surface area contributed by atoms with Crippen LogP contribution in [0.2, 0.25) is 0 Å². The van der Waals surface area contributed by atoms with Crippen molar-refractivity contribution in [3.05, 3.63) is 84.4 Å². The van der Waals surface area contributed by atoms with Crippen molar-refractivity contribution in [2.24, 2.45) is 0 Å². The van der Waals surface area contributed by atoms with Crippen LogP contribution < -0.4 is 5.73 Å². The van der Waals surface area contributed by atoms with Crippen molar-refractivity contribution in [2.45, 2.75) is 0 Å². The lowest BCUT2D eigenvalue weighted by atomic mass is 9.97. The number of rotatable bonds is 3. The van der Waals surface area contributed by atoms with Gasteiger partial charge >= 0.3 is 0 Å². The van der Waals surface area contributed by atoms with Crippen LogP contribution >= 0.6 is 0 Å². The molecule has 4 rings (SSSR count). The number of nitrogen functional groups attached to an aromatic ring is 1. The molecule has 1 aromatic heterocycles. The summed E-state index contributed by atoms with van der Waals surface area (Å²) in [6, 6.07) is 26.2. The summed E-state index contributed by atoms with van der Waals surface area (Å²) in [6.45, 7) is 0. The van der Waals surface area contributed by atoms with Crippen molar-refractivity contribution < 1.29 is 10.2 Å². The van der Waals surface area contributed by atoms with Gasteiger partial charge in [-0.3, -0.25) is 0 Å². The first-order valence-electron chi connectivity index (χ1n) is 8.95. The van der Waals surface area contributed by atoms with Gasteiger partial charge in [0, 0.05) is 11.1 Å². The minimum Gasteiger partial charge on any atom is -0.504 e. The molecular weight excluding hydrogens is 362 g/mol. The highest BCUT2D eigenvalue weighted by molar-refractivity contribution is 5.81. The Bertz CT molecular complexity index is 1230. The van der Waals surface area contributed by atoms with Gasteiger partial charge in [-0.15, -0.1) is 0 Å². The molecule has 0 fully saturated rings. The first kappa shape index (κ1) is 18.1. The molecule has 0 bridgehead atoms. The van der Waals surface area contributed by atoms with E-state index in [1.165, 1.54) is 12.1 Å². The topological polar surface area (TPSA) is 103 Å². The van der Waals surface area contributed by atoms with Crippen molar-refractivity contribution in [2.75, 3.05) is 5.73 Å². The zero-order valence-corrected chi connectivity index (χ0v) is 15.4. The van der Waals surface area contributed by atoms with Gasteiger partial charge in [0.1, 0.15) is 17.5 Å². The Hall–Kier alpha value is -4.30. The van der Waals surface area contributed by atoms with E-state index < -0.39 is 0 Å². The number of phenolic OH excluding ortho intramolecular Hbond substituents is 2. The van der Waals surface area contributed by atoms with Crippen LogP contribution in [-0.2, 0) is 0 Å². The van der Waals surface area contributed by atoms with E-state index in [4.69, 9.17) is 5.73 Å². The van der Waals surface area contributed by atoms with Crippen LogP contribution in [0.25, 0.3) is 33.5 Å². The van der Waals surface area contributed by atoms with Crippen LogP contribution in [0.4, 0.5) is 5.82 Å². The predicted molar refractivity (Wildman–Crippen MR) is 113 cm³/mol. The van der Waals surface area contributed by atoms with Crippen molar-refractivity contribution in [3.63, 3.8) is 0 Å². The molecular formula is C24H17N3O2. The van der Waals surface area contributed by atoms with Crippen molar-refractivity contribution in [3.8, 4) is 51.1 Å². The lowest BCUT2D eigenvalue weighted by Crippen LogP contribution is -1.99. The Morgan fingerprint density at radius 3 is 2.00 bits per heavy atom. The minimum atomic E-state index is -0.268. The van der Waals surface area contributed by atoms with Crippen LogP contribution in [0, 0.1) is 11.3 Å². The molecule has 4 aromatic rings. The number of pyridine rings is 1. The van der Waals surface area contributed by atoms with E-state index in [-0.39, 0.29) is 22.9 Å². The lowest BCUT2D eigenvalue weighted by molar-refractivity contribution is 0.404. The van der Waals surface area contributed by atoms with Crippen molar-refractivity contribution in [1.29, 1.82) is 5.26 Å². The third-order valence-electron chi connectivity index (χ3n) is 4.73. The Morgan fingerprint density at radius 1 is 0.724 bits per heavy atom. The maximum absolute atomic E-state index is 9.84. The molecule has 5 nitrogen and oxygen atoms in total. The van der Waals surface area contributed by atoms with Crippen molar-refractivity contribution >= 4 is 5.82 Å². The number of aromatic nitrogens is 1. The van der Waals surface area contributed by atoms with Crippen LogP contribution in [0.1, 0.15) is 5.56 Å². The lowest BCUT2D eigenvalue weighted by Gasteiger charge is -2.11. The van der Waals surface area contributed by atoms with E-state index in [1.54, 1.807) is 12.1 Å². The normalized spacial score (nSPS) is 10.4. The smallest absolute Gasteiger partial charge is 0.158 e. The number of nitrogens with two attached hydrogens (primary N) is 1. The number of hydrogen-bond donors (Lipinski definition) is 3. The molecule has 3 aromatic carbocycles. The summed E-state index contributed by atoms with van der Waals surface area (Å²) in [5.74, 6) is -0.388.